The zero-order valence-corrected chi connectivity index (χ0v) is 15.7. The monoisotopic (exact) mass is 361 g/mol. The molecule has 1 amide bonds. The number of hydrogen-bond donors (Lipinski definition) is 0. The minimum atomic E-state index is -0.238. The van der Waals surface area contributed by atoms with Crippen molar-refractivity contribution in [2.24, 2.45) is 0 Å². The van der Waals surface area contributed by atoms with E-state index in [-0.39, 0.29) is 24.0 Å². The van der Waals surface area contributed by atoms with Crippen molar-refractivity contribution >= 4 is 17.4 Å². The number of methoxy groups -OCH3 is 1. The van der Waals surface area contributed by atoms with Crippen molar-refractivity contribution in [3.8, 4) is 5.75 Å². The SMILES string of the molecule is COc1ccccc1C1CC(=O)N(c2cccc(C)c2)C2=C1C(=O)CCC2. The van der Waals surface area contributed by atoms with Crippen LogP contribution < -0.4 is 9.64 Å². The molecule has 0 spiro atoms. The van der Waals surface area contributed by atoms with Gasteiger partial charge in [-0.3, -0.25) is 14.5 Å². The number of amides is 1. The number of ether oxygens (including phenoxy) is 1. The standard InChI is InChI=1S/C23H23NO3/c1-15-7-5-8-16(13-15)24-19-10-6-11-20(25)23(19)18(14-22(24)26)17-9-3-4-12-21(17)27-2/h3-5,7-9,12-13,18H,6,10-11,14H2,1-2H3. The van der Waals surface area contributed by atoms with Crippen LogP contribution >= 0.6 is 0 Å². The Morgan fingerprint density at radius 1 is 1.04 bits per heavy atom. The van der Waals surface area contributed by atoms with Crippen LogP contribution in [0.5, 0.6) is 5.75 Å². The van der Waals surface area contributed by atoms with E-state index in [4.69, 9.17) is 4.74 Å². The number of rotatable bonds is 3. The Bertz CT molecular complexity index is 944. The summed E-state index contributed by atoms with van der Waals surface area (Å²) in [7, 11) is 1.63. The van der Waals surface area contributed by atoms with Gasteiger partial charge in [-0.15, -0.1) is 0 Å². The zero-order chi connectivity index (χ0) is 19.0. The highest BCUT2D eigenvalue weighted by Crippen LogP contribution is 2.45. The first kappa shape index (κ1) is 17.5. The molecule has 0 saturated carbocycles. The molecule has 138 valence electrons. The third-order valence-corrected chi connectivity index (χ3v) is 5.45. The highest BCUT2D eigenvalue weighted by molar-refractivity contribution is 6.07. The summed E-state index contributed by atoms with van der Waals surface area (Å²) in [6.45, 7) is 2.01. The van der Waals surface area contributed by atoms with Crippen LogP contribution in [0.4, 0.5) is 5.69 Å². The predicted molar refractivity (Wildman–Crippen MR) is 105 cm³/mol. The molecular weight excluding hydrogens is 338 g/mol. The Morgan fingerprint density at radius 3 is 2.63 bits per heavy atom. The van der Waals surface area contributed by atoms with Crippen molar-refractivity contribution < 1.29 is 14.3 Å². The van der Waals surface area contributed by atoms with Crippen molar-refractivity contribution in [1.82, 2.24) is 0 Å². The summed E-state index contributed by atoms with van der Waals surface area (Å²) < 4.78 is 5.52. The second kappa shape index (κ2) is 7.03. The lowest BCUT2D eigenvalue weighted by Gasteiger charge is -2.38. The van der Waals surface area contributed by atoms with E-state index in [1.54, 1.807) is 12.0 Å². The van der Waals surface area contributed by atoms with Crippen molar-refractivity contribution in [3.05, 3.63) is 70.9 Å². The van der Waals surface area contributed by atoms with Crippen LogP contribution in [-0.4, -0.2) is 18.8 Å². The van der Waals surface area contributed by atoms with Crippen LogP contribution in [0.25, 0.3) is 0 Å². The first-order valence-electron chi connectivity index (χ1n) is 9.39. The maximum Gasteiger partial charge on any atom is 0.232 e. The molecule has 4 nitrogen and oxygen atoms in total. The molecule has 0 fully saturated rings. The number of nitrogens with zero attached hydrogens (tertiary/aromatic N) is 1. The number of hydrogen-bond acceptors (Lipinski definition) is 3. The molecule has 0 radical (unpaired) electrons. The topological polar surface area (TPSA) is 46.6 Å². The molecule has 2 aliphatic rings. The van der Waals surface area contributed by atoms with Crippen LogP contribution in [0.3, 0.4) is 0 Å². The van der Waals surface area contributed by atoms with Crippen LogP contribution in [0.15, 0.2) is 59.8 Å². The molecule has 27 heavy (non-hydrogen) atoms. The van der Waals surface area contributed by atoms with Crippen molar-refractivity contribution in [2.75, 3.05) is 12.0 Å². The van der Waals surface area contributed by atoms with Crippen LogP contribution in [-0.2, 0) is 9.59 Å². The number of carbonyl (C=O) groups is 2. The number of carbonyl (C=O) groups excluding carboxylic acids is 2. The van der Waals surface area contributed by atoms with Gasteiger partial charge in [-0.25, -0.2) is 0 Å². The first-order chi connectivity index (χ1) is 13.1. The number of anilines is 1. The summed E-state index contributed by atoms with van der Waals surface area (Å²) in [6.07, 6.45) is 2.34. The average molecular weight is 361 g/mol. The molecule has 0 N–H and O–H groups in total. The first-order valence-corrected chi connectivity index (χ1v) is 9.39. The average Bonchev–Trinajstić information content (AvgIpc) is 2.67. The number of benzene rings is 2. The molecule has 0 aromatic heterocycles. The van der Waals surface area contributed by atoms with E-state index in [1.807, 2.05) is 55.5 Å². The largest absolute Gasteiger partial charge is 0.496 e. The highest BCUT2D eigenvalue weighted by Gasteiger charge is 2.40. The molecular formula is C23H23NO3. The normalized spacial score (nSPS) is 19.9. The van der Waals surface area contributed by atoms with Gasteiger partial charge in [-0.2, -0.15) is 0 Å². The molecule has 0 saturated heterocycles. The molecule has 4 rings (SSSR count). The quantitative estimate of drug-likeness (QED) is 0.807. The van der Waals surface area contributed by atoms with Gasteiger partial charge in [0.1, 0.15) is 5.75 Å². The van der Waals surface area contributed by atoms with E-state index in [9.17, 15) is 9.59 Å². The summed E-state index contributed by atoms with van der Waals surface area (Å²) in [6, 6.07) is 15.6. The molecule has 0 bridgehead atoms. The van der Waals surface area contributed by atoms with E-state index in [0.717, 1.165) is 46.7 Å². The van der Waals surface area contributed by atoms with Crippen LogP contribution in [0, 0.1) is 6.92 Å². The Kier molecular flexibility index (Phi) is 4.56. The number of para-hydroxylation sites is 1. The molecule has 2 aromatic rings. The summed E-state index contributed by atoms with van der Waals surface area (Å²) in [5.41, 5.74) is 4.51. The fourth-order valence-corrected chi connectivity index (χ4v) is 4.28. The minimum Gasteiger partial charge on any atom is -0.496 e. The highest BCUT2D eigenvalue weighted by atomic mass is 16.5. The van der Waals surface area contributed by atoms with Gasteiger partial charge in [0.15, 0.2) is 5.78 Å². The number of Topliss-reactive ketones (excluding diaryl/α,β-unsaturated/α-hetero) is 1. The molecule has 4 heteroatoms. The second-order valence-corrected chi connectivity index (χ2v) is 7.20. The van der Waals surface area contributed by atoms with Crippen LogP contribution in [0.2, 0.25) is 0 Å². The Balaban J connectivity index is 1.89. The number of aryl methyl sites for hydroxylation is 1. The lowest BCUT2D eigenvalue weighted by Crippen LogP contribution is -2.40. The van der Waals surface area contributed by atoms with E-state index >= 15 is 0 Å². The van der Waals surface area contributed by atoms with E-state index in [2.05, 4.69) is 0 Å². The van der Waals surface area contributed by atoms with E-state index < -0.39 is 0 Å². The Labute approximate surface area is 159 Å². The Morgan fingerprint density at radius 2 is 1.85 bits per heavy atom. The van der Waals surface area contributed by atoms with Crippen molar-refractivity contribution in [3.63, 3.8) is 0 Å². The fourth-order valence-electron chi connectivity index (χ4n) is 4.28. The maximum absolute atomic E-state index is 13.2. The van der Waals surface area contributed by atoms with Gasteiger partial charge in [0.2, 0.25) is 5.91 Å². The molecule has 1 atom stereocenters. The second-order valence-electron chi connectivity index (χ2n) is 7.20. The third kappa shape index (κ3) is 3.05. The van der Waals surface area contributed by atoms with Gasteiger partial charge < -0.3 is 4.74 Å². The zero-order valence-electron chi connectivity index (χ0n) is 15.7. The van der Waals surface area contributed by atoms with Gasteiger partial charge in [-0.1, -0.05) is 30.3 Å². The predicted octanol–water partition coefficient (Wildman–Crippen LogP) is 4.53. The lowest BCUT2D eigenvalue weighted by molar-refractivity contribution is -0.119. The summed E-state index contributed by atoms with van der Waals surface area (Å²) in [5, 5.41) is 0. The fraction of sp³-hybridized carbons (Fsp3) is 0.304. The third-order valence-electron chi connectivity index (χ3n) is 5.45. The van der Waals surface area contributed by atoms with Gasteiger partial charge in [0, 0.05) is 41.3 Å². The smallest absolute Gasteiger partial charge is 0.232 e. The van der Waals surface area contributed by atoms with Gasteiger partial charge >= 0.3 is 0 Å². The molecule has 1 aliphatic heterocycles. The van der Waals surface area contributed by atoms with Crippen molar-refractivity contribution in [2.45, 2.75) is 38.5 Å². The maximum atomic E-state index is 13.2. The van der Waals surface area contributed by atoms with E-state index in [0.29, 0.717) is 6.42 Å². The van der Waals surface area contributed by atoms with Crippen molar-refractivity contribution in [1.29, 1.82) is 0 Å². The summed E-state index contributed by atoms with van der Waals surface area (Å²) in [4.78, 5) is 27.9. The molecule has 2 aromatic carbocycles. The Hall–Kier alpha value is -2.88. The minimum absolute atomic E-state index is 0.0324. The van der Waals surface area contributed by atoms with Gasteiger partial charge in [-0.05, 0) is 43.5 Å². The lowest BCUT2D eigenvalue weighted by atomic mass is 9.77. The molecule has 1 heterocycles. The van der Waals surface area contributed by atoms with E-state index in [1.165, 1.54) is 0 Å². The van der Waals surface area contributed by atoms with Gasteiger partial charge in [0.05, 0.1) is 7.11 Å². The van der Waals surface area contributed by atoms with Gasteiger partial charge in [0.25, 0.3) is 0 Å². The number of allylic oxidation sites excluding steroid dienone is 2. The summed E-state index contributed by atoms with van der Waals surface area (Å²) in [5.74, 6) is 0.671. The molecule has 1 unspecified atom stereocenters. The summed E-state index contributed by atoms with van der Waals surface area (Å²) >= 11 is 0. The van der Waals surface area contributed by atoms with Crippen LogP contribution in [0.1, 0.15) is 42.7 Å². The number of ketones is 1. The molecule has 1 aliphatic carbocycles.